The van der Waals surface area contributed by atoms with Crippen molar-refractivity contribution in [2.24, 2.45) is 5.92 Å². The lowest BCUT2D eigenvalue weighted by Gasteiger charge is -2.22. The van der Waals surface area contributed by atoms with Crippen molar-refractivity contribution in [2.45, 2.75) is 26.3 Å². The normalized spacial score (nSPS) is 11.9. The molecule has 1 aromatic rings. The van der Waals surface area contributed by atoms with Crippen LogP contribution in [0.4, 0.5) is 0 Å². The third kappa shape index (κ3) is 5.54. The molecule has 1 atom stereocenters. The number of hydrogen-bond donors (Lipinski definition) is 2. The highest BCUT2D eigenvalue weighted by Crippen LogP contribution is 2.20. The van der Waals surface area contributed by atoms with E-state index in [0.29, 0.717) is 18.9 Å². The Labute approximate surface area is 114 Å². The van der Waals surface area contributed by atoms with Crippen LogP contribution in [0.1, 0.15) is 31.9 Å². The molecule has 0 heterocycles. The Hall–Kier alpha value is -1.86. The molecule has 0 fully saturated rings. The summed E-state index contributed by atoms with van der Waals surface area (Å²) in [5.41, 5.74) is 1.18. The smallest absolute Gasteiger partial charge is 0.234 e. The van der Waals surface area contributed by atoms with Crippen LogP contribution in [-0.4, -0.2) is 19.0 Å². The van der Waals surface area contributed by atoms with Crippen molar-refractivity contribution in [1.82, 2.24) is 10.6 Å². The molecule has 0 spiro atoms. The van der Waals surface area contributed by atoms with E-state index < -0.39 is 0 Å². The maximum Gasteiger partial charge on any atom is 0.234 e. The number of nitrogens with zero attached hydrogens (tertiary/aromatic N) is 1. The van der Waals surface area contributed by atoms with E-state index in [1.54, 1.807) is 0 Å². The van der Waals surface area contributed by atoms with Crippen LogP contribution in [0, 0.1) is 17.2 Å². The zero-order valence-electron chi connectivity index (χ0n) is 11.5. The number of benzene rings is 1. The van der Waals surface area contributed by atoms with Crippen molar-refractivity contribution in [2.75, 3.05) is 13.1 Å². The fraction of sp³-hybridized carbons (Fsp3) is 0.467. The zero-order valence-corrected chi connectivity index (χ0v) is 11.5. The van der Waals surface area contributed by atoms with Crippen LogP contribution in [-0.2, 0) is 4.79 Å². The van der Waals surface area contributed by atoms with E-state index in [1.165, 1.54) is 5.56 Å². The summed E-state index contributed by atoms with van der Waals surface area (Å²) in [4.78, 5) is 11.6. The van der Waals surface area contributed by atoms with Crippen molar-refractivity contribution < 1.29 is 4.79 Å². The fourth-order valence-corrected chi connectivity index (χ4v) is 1.92. The molecular weight excluding hydrogens is 238 g/mol. The van der Waals surface area contributed by atoms with E-state index >= 15 is 0 Å². The molecule has 0 aromatic heterocycles. The van der Waals surface area contributed by atoms with Crippen LogP contribution < -0.4 is 10.6 Å². The van der Waals surface area contributed by atoms with Gasteiger partial charge < -0.3 is 10.6 Å². The molecule has 0 saturated carbocycles. The van der Waals surface area contributed by atoms with Gasteiger partial charge in [-0.2, -0.15) is 5.26 Å². The van der Waals surface area contributed by atoms with Gasteiger partial charge in [-0.15, -0.1) is 0 Å². The van der Waals surface area contributed by atoms with Gasteiger partial charge in [-0.1, -0.05) is 44.2 Å². The van der Waals surface area contributed by atoms with E-state index in [1.807, 2.05) is 24.3 Å². The maximum absolute atomic E-state index is 11.6. The molecule has 102 valence electrons. The summed E-state index contributed by atoms with van der Waals surface area (Å²) in [6, 6.07) is 12.3. The van der Waals surface area contributed by atoms with Crippen LogP contribution >= 0.6 is 0 Å². The second kappa shape index (κ2) is 8.28. The van der Waals surface area contributed by atoms with Crippen molar-refractivity contribution in [3.05, 3.63) is 35.9 Å². The number of carbonyl (C=O) groups is 1. The molecule has 1 aromatic carbocycles. The molecule has 0 bridgehead atoms. The SMILES string of the molecule is CC(C)[C@H](NCC(=O)NCCC#N)c1ccccc1. The van der Waals surface area contributed by atoms with Crippen LogP contribution in [0.3, 0.4) is 0 Å². The Morgan fingerprint density at radius 2 is 2.00 bits per heavy atom. The Morgan fingerprint density at radius 1 is 1.32 bits per heavy atom. The first-order valence-corrected chi connectivity index (χ1v) is 6.57. The van der Waals surface area contributed by atoms with Gasteiger partial charge in [0.2, 0.25) is 5.91 Å². The van der Waals surface area contributed by atoms with Gasteiger partial charge in [0.15, 0.2) is 0 Å². The van der Waals surface area contributed by atoms with Crippen LogP contribution in [0.2, 0.25) is 0 Å². The van der Waals surface area contributed by atoms with E-state index in [4.69, 9.17) is 5.26 Å². The first-order chi connectivity index (χ1) is 9.15. The average molecular weight is 259 g/mol. The summed E-state index contributed by atoms with van der Waals surface area (Å²) in [5.74, 6) is 0.325. The first-order valence-electron chi connectivity index (χ1n) is 6.57. The summed E-state index contributed by atoms with van der Waals surface area (Å²) in [6.45, 7) is 4.92. The molecule has 19 heavy (non-hydrogen) atoms. The van der Waals surface area contributed by atoms with Gasteiger partial charge in [0.25, 0.3) is 0 Å². The van der Waals surface area contributed by atoms with E-state index in [0.717, 1.165) is 0 Å². The molecule has 0 saturated heterocycles. The standard InChI is InChI=1S/C15H21N3O/c1-12(2)15(13-7-4-3-5-8-13)18-11-14(19)17-10-6-9-16/h3-5,7-8,12,15,18H,6,10-11H2,1-2H3,(H,17,19)/t15-/m0/s1. The predicted molar refractivity (Wildman–Crippen MR) is 75.3 cm³/mol. The second-order valence-corrected chi connectivity index (χ2v) is 4.77. The number of amides is 1. The molecule has 2 N–H and O–H groups in total. The van der Waals surface area contributed by atoms with Gasteiger partial charge >= 0.3 is 0 Å². The van der Waals surface area contributed by atoms with Crippen molar-refractivity contribution in [1.29, 1.82) is 5.26 Å². The minimum absolute atomic E-state index is 0.0724. The first kappa shape index (κ1) is 15.2. The van der Waals surface area contributed by atoms with Crippen molar-refractivity contribution >= 4 is 5.91 Å². The van der Waals surface area contributed by atoms with Crippen molar-refractivity contribution in [3.63, 3.8) is 0 Å². The van der Waals surface area contributed by atoms with E-state index in [-0.39, 0.29) is 18.5 Å². The molecular formula is C15H21N3O. The molecule has 0 unspecified atom stereocenters. The van der Waals surface area contributed by atoms with Crippen LogP contribution in [0.25, 0.3) is 0 Å². The Kier molecular flexibility index (Phi) is 6.62. The molecule has 0 aliphatic heterocycles. The lowest BCUT2D eigenvalue weighted by atomic mass is 9.96. The summed E-state index contributed by atoms with van der Waals surface area (Å²) >= 11 is 0. The molecule has 4 heteroatoms. The van der Waals surface area contributed by atoms with Crippen LogP contribution in [0.15, 0.2) is 30.3 Å². The second-order valence-electron chi connectivity index (χ2n) is 4.77. The molecule has 4 nitrogen and oxygen atoms in total. The Bertz CT molecular complexity index is 423. The maximum atomic E-state index is 11.6. The minimum atomic E-state index is -0.0724. The van der Waals surface area contributed by atoms with Crippen molar-refractivity contribution in [3.8, 4) is 6.07 Å². The lowest BCUT2D eigenvalue weighted by molar-refractivity contribution is -0.120. The van der Waals surface area contributed by atoms with Gasteiger partial charge in [-0.25, -0.2) is 0 Å². The summed E-state index contributed by atoms with van der Waals surface area (Å²) in [7, 11) is 0. The summed E-state index contributed by atoms with van der Waals surface area (Å²) < 4.78 is 0. The highest BCUT2D eigenvalue weighted by molar-refractivity contribution is 5.78. The molecule has 1 amide bonds. The van der Waals surface area contributed by atoms with Gasteiger partial charge in [0.05, 0.1) is 19.0 Å². The fourth-order valence-electron chi connectivity index (χ4n) is 1.92. The Balaban J connectivity index is 2.48. The predicted octanol–water partition coefficient (Wildman–Crippen LogP) is 2.00. The monoisotopic (exact) mass is 259 g/mol. The van der Waals surface area contributed by atoms with E-state index in [2.05, 4.69) is 36.6 Å². The Morgan fingerprint density at radius 3 is 2.58 bits per heavy atom. The largest absolute Gasteiger partial charge is 0.354 e. The molecule has 0 aliphatic carbocycles. The highest BCUT2D eigenvalue weighted by Gasteiger charge is 2.15. The van der Waals surface area contributed by atoms with Gasteiger partial charge in [0.1, 0.15) is 0 Å². The quantitative estimate of drug-likeness (QED) is 0.736. The highest BCUT2D eigenvalue weighted by atomic mass is 16.1. The lowest BCUT2D eigenvalue weighted by Crippen LogP contribution is -2.37. The molecule has 0 radical (unpaired) electrons. The van der Waals surface area contributed by atoms with Gasteiger partial charge in [0, 0.05) is 12.6 Å². The topological polar surface area (TPSA) is 64.9 Å². The number of nitrogens with one attached hydrogen (secondary N) is 2. The van der Waals surface area contributed by atoms with Gasteiger partial charge in [-0.05, 0) is 11.5 Å². The molecule has 0 aliphatic rings. The van der Waals surface area contributed by atoms with E-state index in [9.17, 15) is 4.79 Å². The van der Waals surface area contributed by atoms with Gasteiger partial charge in [-0.3, -0.25) is 4.79 Å². The minimum Gasteiger partial charge on any atom is -0.354 e. The third-order valence-electron chi connectivity index (χ3n) is 2.87. The summed E-state index contributed by atoms with van der Waals surface area (Å²) in [6.07, 6.45) is 0.345. The number of nitriles is 1. The zero-order chi connectivity index (χ0) is 14.1. The number of hydrogen-bond acceptors (Lipinski definition) is 3. The molecule has 1 rings (SSSR count). The third-order valence-corrected chi connectivity index (χ3v) is 2.87. The average Bonchev–Trinajstić information content (AvgIpc) is 2.40. The van der Waals surface area contributed by atoms with Crippen LogP contribution in [0.5, 0.6) is 0 Å². The number of carbonyl (C=O) groups excluding carboxylic acids is 1. The number of rotatable bonds is 7. The summed E-state index contributed by atoms with van der Waals surface area (Å²) in [5, 5.41) is 14.4.